The number of halogens is 1. The molecule has 1 aromatic carbocycles. The molecule has 0 atom stereocenters. The van der Waals surface area contributed by atoms with Crippen molar-refractivity contribution in [3.63, 3.8) is 0 Å². The number of aromatic nitrogens is 2. The van der Waals surface area contributed by atoms with Crippen molar-refractivity contribution in [1.29, 1.82) is 0 Å². The van der Waals surface area contributed by atoms with E-state index in [9.17, 15) is 4.79 Å². The Bertz CT molecular complexity index is 1100. The lowest BCUT2D eigenvalue weighted by molar-refractivity contribution is 0.0620. The van der Waals surface area contributed by atoms with Gasteiger partial charge in [-0.05, 0) is 69.2 Å². The first kappa shape index (κ1) is 22.1. The fraction of sp³-hybridized carbons (Fsp3) is 0.519. The van der Waals surface area contributed by atoms with Gasteiger partial charge in [0, 0.05) is 11.8 Å². The third-order valence-corrected chi connectivity index (χ3v) is 7.00. The van der Waals surface area contributed by atoms with Gasteiger partial charge in [0.05, 0.1) is 24.2 Å². The molecule has 0 spiro atoms. The lowest BCUT2D eigenvalue weighted by Crippen LogP contribution is -2.35. The summed E-state index contributed by atoms with van der Waals surface area (Å²) in [6, 6.07) is 5.83. The zero-order valence-electron chi connectivity index (χ0n) is 19.5. The molecular weight excluding hydrogens is 417 g/mol. The Labute approximate surface area is 194 Å². The van der Waals surface area contributed by atoms with Gasteiger partial charge in [0.25, 0.3) is 0 Å². The molecule has 0 radical (unpaired) electrons. The summed E-state index contributed by atoms with van der Waals surface area (Å²) < 4.78 is 21.1. The molecule has 0 saturated heterocycles. The number of hydrogen-bond donors (Lipinski definition) is 1. The summed E-state index contributed by atoms with van der Waals surface area (Å²) in [4.78, 5) is 21.8. The molecule has 1 fully saturated rings. The largest absolute Gasteiger partial charge is 0.487 e. The molecule has 33 heavy (non-hydrogen) atoms. The average Bonchev–Trinajstić information content (AvgIpc) is 2.99. The average molecular weight is 450 g/mol. The molecule has 1 N–H and O–H groups in total. The molecule has 5 rings (SSSR count). The fourth-order valence-electron chi connectivity index (χ4n) is 5.24. The summed E-state index contributed by atoms with van der Waals surface area (Å²) >= 11 is 0. The third kappa shape index (κ3) is 4.66. The van der Waals surface area contributed by atoms with Gasteiger partial charge >= 0.3 is 0 Å². The highest BCUT2D eigenvalue weighted by Crippen LogP contribution is 2.38. The van der Waals surface area contributed by atoms with E-state index in [1.54, 1.807) is 0 Å². The Morgan fingerprint density at radius 2 is 1.94 bits per heavy atom. The van der Waals surface area contributed by atoms with Crippen molar-refractivity contribution in [3.05, 3.63) is 52.9 Å². The van der Waals surface area contributed by atoms with Crippen LogP contribution in [0.5, 0.6) is 5.75 Å². The number of nitrogens with zero attached hydrogens (tertiary/aromatic N) is 2. The Hall–Kier alpha value is -2.76. The summed E-state index contributed by atoms with van der Waals surface area (Å²) in [7, 11) is 0. The van der Waals surface area contributed by atoms with Gasteiger partial charge in [-0.2, -0.15) is 0 Å². The molecule has 0 amide bonds. The van der Waals surface area contributed by atoms with Crippen molar-refractivity contribution < 1.29 is 13.9 Å². The van der Waals surface area contributed by atoms with Crippen LogP contribution in [0.4, 0.5) is 10.3 Å². The second-order valence-electron chi connectivity index (χ2n) is 10.3. The summed E-state index contributed by atoms with van der Waals surface area (Å²) in [5.41, 5.74) is 3.01. The summed E-state index contributed by atoms with van der Waals surface area (Å²) in [5.74, 6) is 1.25. The number of ketones is 1. The molecule has 0 bridgehead atoms. The predicted molar refractivity (Wildman–Crippen MR) is 128 cm³/mol. The van der Waals surface area contributed by atoms with Crippen LogP contribution in [0.1, 0.15) is 92.4 Å². The number of benzene rings is 1. The third-order valence-electron chi connectivity index (χ3n) is 7.00. The van der Waals surface area contributed by atoms with Crippen LogP contribution in [0, 0.1) is 0 Å². The van der Waals surface area contributed by atoms with E-state index in [1.165, 1.54) is 0 Å². The van der Waals surface area contributed by atoms with Crippen LogP contribution in [-0.2, 0) is 6.42 Å². The maximum Gasteiger partial charge on any atom is 0.222 e. The van der Waals surface area contributed by atoms with Crippen molar-refractivity contribution in [1.82, 2.24) is 9.97 Å². The quantitative estimate of drug-likeness (QED) is 0.613. The molecule has 6 heteroatoms. The van der Waals surface area contributed by atoms with Crippen molar-refractivity contribution in [2.45, 2.75) is 82.9 Å². The molecule has 1 aromatic heterocycles. The highest BCUT2D eigenvalue weighted by Gasteiger charge is 2.33. The molecule has 2 aliphatic carbocycles. The first-order valence-corrected chi connectivity index (χ1v) is 12.2. The Balaban J connectivity index is 1.41. The van der Waals surface area contributed by atoms with Gasteiger partial charge in [0.15, 0.2) is 5.78 Å². The minimum atomic E-state index is -1.16. The number of carbonyl (C=O) groups excluding carboxylic acids is 1. The number of ether oxygens (including phenoxy) is 1. The van der Waals surface area contributed by atoms with Crippen LogP contribution >= 0.6 is 0 Å². The second kappa shape index (κ2) is 8.54. The number of hydrogen-bond acceptors (Lipinski definition) is 5. The van der Waals surface area contributed by atoms with E-state index in [0.717, 1.165) is 60.9 Å². The predicted octanol–water partition coefficient (Wildman–Crippen LogP) is 6.07. The van der Waals surface area contributed by atoms with Gasteiger partial charge in [0.2, 0.25) is 5.95 Å². The highest BCUT2D eigenvalue weighted by molar-refractivity contribution is 6.01. The lowest BCUT2D eigenvalue weighted by atomic mass is 9.86. The number of fused-ring (bicyclic) bond motifs is 2. The van der Waals surface area contributed by atoms with Gasteiger partial charge < -0.3 is 10.1 Å². The normalized spacial score (nSPS) is 21.2. The minimum absolute atomic E-state index is 0.116. The van der Waals surface area contributed by atoms with Crippen molar-refractivity contribution in [2.75, 3.05) is 11.9 Å². The summed E-state index contributed by atoms with van der Waals surface area (Å²) in [5, 5.41) is 3.16. The van der Waals surface area contributed by atoms with E-state index in [4.69, 9.17) is 9.72 Å². The zero-order chi connectivity index (χ0) is 23.1. The van der Waals surface area contributed by atoms with Gasteiger partial charge in [-0.25, -0.2) is 14.4 Å². The van der Waals surface area contributed by atoms with Gasteiger partial charge in [-0.15, -0.1) is 0 Å². The second-order valence-corrected chi connectivity index (χ2v) is 10.3. The minimum Gasteiger partial charge on any atom is -0.487 e. The molecule has 3 aliphatic rings. The zero-order valence-corrected chi connectivity index (χ0v) is 19.5. The molecule has 2 heterocycles. The van der Waals surface area contributed by atoms with Crippen molar-refractivity contribution in [2.24, 2.45) is 0 Å². The number of nitrogens with one attached hydrogen (secondary N) is 1. The van der Waals surface area contributed by atoms with Crippen molar-refractivity contribution >= 4 is 17.3 Å². The first-order chi connectivity index (χ1) is 15.8. The van der Waals surface area contributed by atoms with Crippen LogP contribution in [0.2, 0.25) is 0 Å². The standard InChI is InChI=1S/C27H32FN3O2/c1-26(2)15-23(32)20-11-10-18(14-24(20)33-26)19-8-4-5-9-22-21(19)16-29-25(31-22)30-17-27(28)12-6-3-7-13-27/h8,10-11,14,16H,3-7,9,12-13,15,17H2,1-2H3,(H,29,30,31). The molecule has 0 unspecified atom stereocenters. The highest BCUT2D eigenvalue weighted by atomic mass is 19.1. The molecule has 2 aromatic rings. The van der Waals surface area contributed by atoms with E-state index >= 15 is 4.39 Å². The number of aryl methyl sites for hydroxylation is 1. The van der Waals surface area contributed by atoms with E-state index in [2.05, 4.69) is 16.4 Å². The Morgan fingerprint density at radius 1 is 1.12 bits per heavy atom. The maximum atomic E-state index is 15.0. The van der Waals surface area contributed by atoms with Crippen LogP contribution in [0.25, 0.3) is 5.57 Å². The van der Waals surface area contributed by atoms with E-state index in [-0.39, 0.29) is 12.3 Å². The molecule has 1 aliphatic heterocycles. The number of alkyl halides is 1. The fourth-order valence-corrected chi connectivity index (χ4v) is 5.24. The maximum absolute atomic E-state index is 15.0. The number of rotatable bonds is 4. The monoisotopic (exact) mass is 449 g/mol. The molecule has 5 nitrogen and oxygen atoms in total. The van der Waals surface area contributed by atoms with Crippen LogP contribution in [0.3, 0.4) is 0 Å². The van der Waals surface area contributed by atoms with E-state index in [1.807, 2.05) is 38.2 Å². The van der Waals surface area contributed by atoms with Gasteiger partial charge in [-0.3, -0.25) is 4.79 Å². The number of anilines is 1. The molecule has 174 valence electrons. The Morgan fingerprint density at radius 3 is 2.76 bits per heavy atom. The lowest BCUT2D eigenvalue weighted by Gasteiger charge is -2.32. The van der Waals surface area contributed by atoms with Gasteiger partial charge in [0.1, 0.15) is 17.0 Å². The topological polar surface area (TPSA) is 64.1 Å². The van der Waals surface area contributed by atoms with E-state index in [0.29, 0.717) is 36.5 Å². The van der Waals surface area contributed by atoms with Gasteiger partial charge in [-0.1, -0.05) is 31.4 Å². The van der Waals surface area contributed by atoms with Crippen LogP contribution in [0.15, 0.2) is 30.5 Å². The summed E-state index contributed by atoms with van der Waals surface area (Å²) in [6.07, 6.45) is 11.5. The van der Waals surface area contributed by atoms with Crippen LogP contribution in [-0.4, -0.2) is 33.6 Å². The number of Topliss-reactive ketones (excluding diaryl/α,β-unsaturated/α-hetero) is 1. The first-order valence-electron chi connectivity index (χ1n) is 12.2. The summed E-state index contributed by atoms with van der Waals surface area (Å²) in [6.45, 7) is 4.15. The van der Waals surface area contributed by atoms with Crippen molar-refractivity contribution in [3.8, 4) is 5.75 Å². The molecule has 1 saturated carbocycles. The number of carbonyl (C=O) groups is 1. The molecular formula is C27H32FN3O2. The smallest absolute Gasteiger partial charge is 0.222 e. The Kier molecular flexibility index (Phi) is 5.71. The van der Waals surface area contributed by atoms with Crippen LogP contribution < -0.4 is 10.1 Å². The SMILES string of the molecule is CC1(C)CC(=O)c2ccc(C3=CCCCc4nc(NCC5(F)CCCCC5)ncc43)cc2O1. The van der Waals surface area contributed by atoms with E-state index < -0.39 is 11.3 Å². The number of allylic oxidation sites excluding steroid dienone is 1.